The maximum absolute atomic E-state index is 6.09. The van der Waals surface area contributed by atoms with Crippen molar-refractivity contribution in [3.63, 3.8) is 0 Å². The van der Waals surface area contributed by atoms with Crippen molar-refractivity contribution in [2.45, 2.75) is 51.2 Å². The fourth-order valence-corrected chi connectivity index (χ4v) is 4.14. The minimum atomic E-state index is 0.271. The first-order chi connectivity index (χ1) is 16.8. The molecule has 2 unspecified atom stereocenters. The first kappa shape index (κ1) is 22.9. The smallest absolute Gasteiger partial charge is 0.122 e. The molecule has 0 aromatic heterocycles. The van der Waals surface area contributed by atoms with Crippen LogP contribution >= 0.6 is 0 Å². The number of unbranched alkanes of at least 4 members (excludes halogenated alkanes) is 3. The van der Waals surface area contributed by atoms with Crippen molar-refractivity contribution in [3.8, 4) is 33.8 Å². The molecule has 2 aliphatic heterocycles. The van der Waals surface area contributed by atoms with Gasteiger partial charge in [0.2, 0.25) is 0 Å². The fourth-order valence-electron chi connectivity index (χ4n) is 4.14. The molecule has 3 aromatic carbocycles. The van der Waals surface area contributed by atoms with E-state index in [0.29, 0.717) is 13.2 Å². The van der Waals surface area contributed by atoms with E-state index in [2.05, 4.69) is 61.5 Å². The Hall–Kier alpha value is -2.82. The van der Waals surface area contributed by atoms with E-state index in [1.54, 1.807) is 0 Å². The second-order valence-electron chi connectivity index (χ2n) is 9.27. The standard InChI is InChI=1S/C30H34O4/c1-2-3-4-5-6-26-17-25(13-16-30(26)34-21-29-20-33-29)24-9-7-22(8-10-24)23-11-14-27(15-12-23)31-18-28-19-32-28/h7-17,28-29H,2-6,18-21H2,1H3. The Bertz CT molecular complexity index is 1050. The third-order valence-electron chi connectivity index (χ3n) is 6.43. The molecule has 0 aliphatic carbocycles. The number of ether oxygens (including phenoxy) is 4. The van der Waals surface area contributed by atoms with Crippen LogP contribution in [0.5, 0.6) is 11.5 Å². The first-order valence-electron chi connectivity index (χ1n) is 12.6. The quantitative estimate of drug-likeness (QED) is 0.211. The number of rotatable bonds is 13. The Kier molecular flexibility index (Phi) is 7.47. The van der Waals surface area contributed by atoms with Crippen molar-refractivity contribution in [2.75, 3.05) is 26.4 Å². The van der Waals surface area contributed by atoms with Crippen molar-refractivity contribution in [1.29, 1.82) is 0 Å². The molecule has 4 heteroatoms. The van der Waals surface area contributed by atoms with Crippen LogP contribution in [-0.2, 0) is 15.9 Å². The molecule has 0 amide bonds. The molecule has 3 aromatic rings. The van der Waals surface area contributed by atoms with Crippen LogP contribution in [0.4, 0.5) is 0 Å². The van der Waals surface area contributed by atoms with E-state index in [4.69, 9.17) is 18.9 Å². The molecule has 178 valence electrons. The Balaban J connectivity index is 1.27. The maximum atomic E-state index is 6.09. The fraction of sp³-hybridized carbons (Fsp3) is 0.400. The molecule has 0 spiro atoms. The summed E-state index contributed by atoms with van der Waals surface area (Å²) in [6.07, 6.45) is 6.59. The van der Waals surface area contributed by atoms with Gasteiger partial charge in [0, 0.05) is 0 Å². The lowest BCUT2D eigenvalue weighted by atomic mass is 9.97. The van der Waals surface area contributed by atoms with Crippen molar-refractivity contribution < 1.29 is 18.9 Å². The monoisotopic (exact) mass is 458 g/mol. The van der Waals surface area contributed by atoms with Gasteiger partial charge in [0.15, 0.2) is 0 Å². The highest BCUT2D eigenvalue weighted by atomic mass is 16.6. The summed E-state index contributed by atoms with van der Waals surface area (Å²) in [6, 6.07) is 23.7. The Morgan fingerprint density at radius 1 is 0.676 bits per heavy atom. The van der Waals surface area contributed by atoms with Gasteiger partial charge in [-0.3, -0.25) is 0 Å². The van der Waals surface area contributed by atoms with Gasteiger partial charge < -0.3 is 18.9 Å². The van der Waals surface area contributed by atoms with E-state index >= 15 is 0 Å². The molecule has 0 saturated carbocycles. The highest BCUT2D eigenvalue weighted by Crippen LogP contribution is 2.31. The van der Waals surface area contributed by atoms with Crippen LogP contribution in [0.2, 0.25) is 0 Å². The van der Waals surface area contributed by atoms with Gasteiger partial charge in [-0.2, -0.15) is 0 Å². The highest BCUT2D eigenvalue weighted by molar-refractivity contribution is 5.71. The maximum Gasteiger partial charge on any atom is 0.122 e. The van der Waals surface area contributed by atoms with Crippen molar-refractivity contribution >= 4 is 0 Å². The minimum absolute atomic E-state index is 0.271. The zero-order chi connectivity index (χ0) is 23.2. The second kappa shape index (κ2) is 11.1. The average Bonchev–Trinajstić information content (AvgIpc) is 3.80. The zero-order valence-electron chi connectivity index (χ0n) is 20.0. The predicted molar refractivity (Wildman–Crippen MR) is 136 cm³/mol. The Morgan fingerprint density at radius 2 is 1.24 bits per heavy atom. The summed E-state index contributed by atoms with van der Waals surface area (Å²) < 4.78 is 22.4. The van der Waals surface area contributed by atoms with Gasteiger partial charge >= 0.3 is 0 Å². The van der Waals surface area contributed by atoms with Gasteiger partial charge in [0.25, 0.3) is 0 Å². The van der Waals surface area contributed by atoms with Crippen LogP contribution in [0.15, 0.2) is 66.7 Å². The van der Waals surface area contributed by atoms with Crippen LogP contribution in [-0.4, -0.2) is 38.6 Å². The van der Waals surface area contributed by atoms with Gasteiger partial charge in [-0.25, -0.2) is 0 Å². The van der Waals surface area contributed by atoms with Gasteiger partial charge in [-0.15, -0.1) is 0 Å². The number of epoxide rings is 2. The molecule has 0 radical (unpaired) electrons. The second-order valence-corrected chi connectivity index (χ2v) is 9.27. The first-order valence-corrected chi connectivity index (χ1v) is 12.6. The van der Waals surface area contributed by atoms with Gasteiger partial charge in [-0.1, -0.05) is 68.7 Å². The molecule has 2 fully saturated rings. The molecular formula is C30H34O4. The van der Waals surface area contributed by atoms with E-state index in [-0.39, 0.29) is 12.2 Å². The Labute approximate surface area is 202 Å². The third kappa shape index (κ3) is 6.40. The third-order valence-corrected chi connectivity index (χ3v) is 6.43. The largest absolute Gasteiger partial charge is 0.491 e. The van der Waals surface area contributed by atoms with Gasteiger partial charge in [-0.05, 0) is 64.9 Å². The van der Waals surface area contributed by atoms with Crippen molar-refractivity contribution in [3.05, 3.63) is 72.3 Å². The van der Waals surface area contributed by atoms with Crippen LogP contribution in [0.1, 0.15) is 38.2 Å². The molecule has 2 saturated heterocycles. The molecule has 2 heterocycles. The molecule has 2 aliphatic rings. The summed E-state index contributed by atoms with van der Waals surface area (Å²) in [5, 5.41) is 0. The van der Waals surface area contributed by atoms with Crippen LogP contribution in [0, 0.1) is 0 Å². The van der Waals surface area contributed by atoms with Gasteiger partial charge in [0.05, 0.1) is 13.2 Å². The van der Waals surface area contributed by atoms with Gasteiger partial charge in [0.1, 0.15) is 36.9 Å². The van der Waals surface area contributed by atoms with E-state index in [0.717, 1.165) is 31.1 Å². The van der Waals surface area contributed by atoms with E-state index in [1.165, 1.54) is 53.5 Å². The lowest BCUT2D eigenvalue weighted by molar-refractivity contribution is 0.261. The Morgan fingerprint density at radius 3 is 1.85 bits per heavy atom. The molecular weight excluding hydrogens is 424 g/mol. The summed E-state index contributed by atoms with van der Waals surface area (Å²) in [5.74, 6) is 1.89. The summed E-state index contributed by atoms with van der Waals surface area (Å²) in [7, 11) is 0. The predicted octanol–water partition coefficient (Wildman–Crippen LogP) is 6.70. The summed E-state index contributed by atoms with van der Waals surface area (Å²) in [4.78, 5) is 0. The zero-order valence-corrected chi connectivity index (χ0v) is 20.0. The summed E-state index contributed by atoms with van der Waals surface area (Å²) in [5.41, 5.74) is 6.14. The van der Waals surface area contributed by atoms with E-state index in [1.807, 2.05) is 12.1 Å². The van der Waals surface area contributed by atoms with E-state index in [9.17, 15) is 0 Å². The topological polar surface area (TPSA) is 43.5 Å². The molecule has 0 N–H and O–H groups in total. The normalized spacial score (nSPS) is 18.5. The van der Waals surface area contributed by atoms with Crippen LogP contribution < -0.4 is 9.47 Å². The average molecular weight is 459 g/mol. The summed E-state index contributed by atoms with van der Waals surface area (Å²) in [6.45, 7) is 5.17. The SMILES string of the molecule is CCCCCCc1cc(-c2ccc(-c3ccc(OCC4CO4)cc3)cc2)ccc1OCC1CO1. The molecule has 0 bridgehead atoms. The van der Waals surface area contributed by atoms with Crippen LogP contribution in [0.3, 0.4) is 0 Å². The molecule has 34 heavy (non-hydrogen) atoms. The molecule has 2 atom stereocenters. The molecule has 5 rings (SSSR count). The number of aryl methyl sites for hydroxylation is 1. The number of hydrogen-bond donors (Lipinski definition) is 0. The molecule has 4 nitrogen and oxygen atoms in total. The van der Waals surface area contributed by atoms with E-state index < -0.39 is 0 Å². The van der Waals surface area contributed by atoms with Crippen LogP contribution in [0.25, 0.3) is 22.3 Å². The lowest BCUT2D eigenvalue weighted by Gasteiger charge is -2.13. The highest BCUT2D eigenvalue weighted by Gasteiger charge is 2.24. The van der Waals surface area contributed by atoms with Crippen molar-refractivity contribution in [2.24, 2.45) is 0 Å². The summed E-state index contributed by atoms with van der Waals surface area (Å²) >= 11 is 0. The number of benzene rings is 3. The number of hydrogen-bond acceptors (Lipinski definition) is 4. The van der Waals surface area contributed by atoms with Crippen molar-refractivity contribution in [1.82, 2.24) is 0 Å². The minimum Gasteiger partial charge on any atom is -0.491 e. The lowest BCUT2D eigenvalue weighted by Crippen LogP contribution is -2.06.